The van der Waals surface area contributed by atoms with Crippen molar-refractivity contribution in [3.8, 4) is 0 Å². The third-order valence-electron chi connectivity index (χ3n) is 5.24. The van der Waals surface area contributed by atoms with Crippen LogP contribution in [-0.2, 0) is 6.42 Å². The number of benzene rings is 1. The molecule has 0 amide bonds. The SMILES string of the molecule is CCNC(c1cccc(CC(C)C)c1)C1C2CCCC21. The maximum absolute atomic E-state index is 3.77. The smallest absolute Gasteiger partial charge is 0.0354 e. The molecule has 0 aliphatic heterocycles. The van der Waals surface area contributed by atoms with E-state index in [-0.39, 0.29) is 0 Å². The highest BCUT2D eigenvalue weighted by atomic mass is 14.9. The Morgan fingerprint density at radius 2 is 1.95 bits per heavy atom. The van der Waals surface area contributed by atoms with Crippen molar-refractivity contribution in [2.75, 3.05) is 6.54 Å². The van der Waals surface area contributed by atoms with Crippen molar-refractivity contribution in [3.05, 3.63) is 35.4 Å². The van der Waals surface area contributed by atoms with Crippen molar-refractivity contribution < 1.29 is 0 Å². The summed E-state index contributed by atoms with van der Waals surface area (Å²) in [6.07, 6.45) is 5.62. The average Bonchev–Trinajstić information content (AvgIpc) is 2.88. The first-order valence-corrected chi connectivity index (χ1v) is 8.53. The molecule has 3 unspecified atom stereocenters. The van der Waals surface area contributed by atoms with Crippen molar-refractivity contribution >= 4 is 0 Å². The van der Waals surface area contributed by atoms with Crippen molar-refractivity contribution in [2.24, 2.45) is 23.7 Å². The summed E-state index contributed by atoms with van der Waals surface area (Å²) < 4.78 is 0. The number of rotatable bonds is 6. The third kappa shape index (κ3) is 2.79. The quantitative estimate of drug-likeness (QED) is 0.798. The highest BCUT2D eigenvalue weighted by Gasteiger charge is 2.55. The van der Waals surface area contributed by atoms with E-state index in [2.05, 4.69) is 50.4 Å². The fourth-order valence-corrected chi connectivity index (χ4v) is 4.45. The zero-order chi connectivity index (χ0) is 14.1. The van der Waals surface area contributed by atoms with Crippen LogP contribution in [0, 0.1) is 23.7 Å². The van der Waals surface area contributed by atoms with Gasteiger partial charge >= 0.3 is 0 Å². The van der Waals surface area contributed by atoms with Gasteiger partial charge in [0.15, 0.2) is 0 Å². The minimum atomic E-state index is 0.599. The fourth-order valence-electron chi connectivity index (χ4n) is 4.45. The number of nitrogens with one attached hydrogen (secondary N) is 1. The lowest BCUT2D eigenvalue weighted by Crippen LogP contribution is -2.24. The largest absolute Gasteiger partial charge is 0.310 e. The van der Waals surface area contributed by atoms with Gasteiger partial charge in [-0.1, -0.05) is 51.5 Å². The van der Waals surface area contributed by atoms with E-state index in [1.165, 1.54) is 36.8 Å². The highest BCUT2D eigenvalue weighted by Crippen LogP contribution is 2.62. The van der Waals surface area contributed by atoms with Gasteiger partial charge in [-0.2, -0.15) is 0 Å². The summed E-state index contributed by atoms with van der Waals surface area (Å²) in [6, 6.07) is 9.95. The monoisotopic (exact) mass is 271 g/mol. The van der Waals surface area contributed by atoms with Crippen LogP contribution in [0.15, 0.2) is 24.3 Å². The van der Waals surface area contributed by atoms with Crippen LogP contribution in [0.25, 0.3) is 0 Å². The Balaban J connectivity index is 1.77. The molecule has 3 rings (SSSR count). The molecule has 0 aromatic heterocycles. The van der Waals surface area contributed by atoms with Gasteiger partial charge < -0.3 is 5.32 Å². The van der Waals surface area contributed by atoms with Gasteiger partial charge in [0, 0.05) is 6.04 Å². The Bertz CT molecular complexity index is 441. The van der Waals surface area contributed by atoms with E-state index in [1.54, 1.807) is 0 Å². The van der Waals surface area contributed by atoms with Gasteiger partial charge in [0.2, 0.25) is 0 Å². The maximum Gasteiger partial charge on any atom is 0.0354 e. The van der Waals surface area contributed by atoms with Crippen LogP contribution >= 0.6 is 0 Å². The topological polar surface area (TPSA) is 12.0 Å². The lowest BCUT2D eigenvalue weighted by atomic mass is 9.93. The van der Waals surface area contributed by atoms with E-state index in [4.69, 9.17) is 0 Å². The molecular weight excluding hydrogens is 242 g/mol. The second-order valence-corrected chi connectivity index (χ2v) is 7.21. The van der Waals surface area contributed by atoms with Crippen molar-refractivity contribution in [1.82, 2.24) is 5.32 Å². The van der Waals surface area contributed by atoms with Crippen LogP contribution < -0.4 is 5.32 Å². The maximum atomic E-state index is 3.77. The molecule has 0 saturated heterocycles. The molecule has 20 heavy (non-hydrogen) atoms. The standard InChI is InChI=1S/C19H29N/c1-4-20-19(18-16-9-6-10-17(16)18)15-8-5-7-14(12-15)11-13(2)3/h5,7-8,12-13,16-20H,4,6,9-11H2,1-3H3. The molecule has 2 fully saturated rings. The Morgan fingerprint density at radius 1 is 1.20 bits per heavy atom. The van der Waals surface area contributed by atoms with Gasteiger partial charge in [0.1, 0.15) is 0 Å². The van der Waals surface area contributed by atoms with Crippen molar-refractivity contribution in [3.63, 3.8) is 0 Å². The number of hydrogen-bond donors (Lipinski definition) is 1. The van der Waals surface area contributed by atoms with E-state index < -0.39 is 0 Å². The molecule has 0 heterocycles. The normalized spacial score (nSPS) is 29.5. The van der Waals surface area contributed by atoms with Crippen LogP contribution in [0.2, 0.25) is 0 Å². The van der Waals surface area contributed by atoms with E-state index in [0.29, 0.717) is 6.04 Å². The van der Waals surface area contributed by atoms with Crippen LogP contribution in [0.3, 0.4) is 0 Å². The van der Waals surface area contributed by atoms with Gasteiger partial charge in [-0.25, -0.2) is 0 Å². The molecule has 1 aromatic carbocycles. The number of hydrogen-bond acceptors (Lipinski definition) is 1. The van der Waals surface area contributed by atoms with Crippen LogP contribution in [0.5, 0.6) is 0 Å². The van der Waals surface area contributed by atoms with Gasteiger partial charge in [0.05, 0.1) is 0 Å². The Hall–Kier alpha value is -0.820. The van der Waals surface area contributed by atoms with Gasteiger partial charge in [-0.05, 0) is 60.6 Å². The predicted molar refractivity (Wildman–Crippen MR) is 85.7 cm³/mol. The molecule has 3 atom stereocenters. The number of fused-ring (bicyclic) bond motifs is 1. The van der Waals surface area contributed by atoms with Crippen molar-refractivity contribution in [1.29, 1.82) is 0 Å². The molecule has 2 aliphatic rings. The van der Waals surface area contributed by atoms with E-state index in [0.717, 1.165) is 30.2 Å². The Kier molecular flexibility index (Phi) is 4.16. The highest BCUT2D eigenvalue weighted by molar-refractivity contribution is 5.29. The minimum Gasteiger partial charge on any atom is -0.310 e. The van der Waals surface area contributed by atoms with Gasteiger partial charge in [-0.3, -0.25) is 0 Å². The molecular formula is C19H29N. The van der Waals surface area contributed by atoms with Crippen LogP contribution in [0.1, 0.15) is 57.2 Å². The molecule has 0 bridgehead atoms. The molecule has 1 N–H and O–H groups in total. The zero-order valence-corrected chi connectivity index (χ0v) is 13.2. The predicted octanol–water partition coefficient (Wildman–Crippen LogP) is 4.58. The lowest BCUT2D eigenvalue weighted by Gasteiger charge is -2.21. The van der Waals surface area contributed by atoms with Crippen LogP contribution in [0.4, 0.5) is 0 Å². The van der Waals surface area contributed by atoms with Gasteiger partial charge in [0.25, 0.3) is 0 Å². The molecule has 2 saturated carbocycles. The summed E-state index contributed by atoms with van der Waals surface area (Å²) >= 11 is 0. The molecule has 2 aliphatic carbocycles. The summed E-state index contributed by atoms with van der Waals surface area (Å²) in [5.41, 5.74) is 3.04. The molecule has 0 radical (unpaired) electrons. The minimum absolute atomic E-state index is 0.599. The second kappa shape index (κ2) is 5.89. The Labute approximate surface area is 124 Å². The molecule has 110 valence electrons. The first kappa shape index (κ1) is 14.1. The summed E-state index contributed by atoms with van der Waals surface area (Å²) in [4.78, 5) is 0. The van der Waals surface area contributed by atoms with Gasteiger partial charge in [-0.15, -0.1) is 0 Å². The van der Waals surface area contributed by atoms with E-state index in [1.807, 2.05) is 0 Å². The molecule has 1 nitrogen and oxygen atoms in total. The third-order valence-corrected chi connectivity index (χ3v) is 5.24. The van der Waals surface area contributed by atoms with E-state index in [9.17, 15) is 0 Å². The second-order valence-electron chi connectivity index (χ2n) is 7.21. The lowest BCUT2D eigenvalue weighted by molar-refractivity contribution is 0.425. The summed E-state index contributed by atoms with van der Waals surface area (Å²) in [5, 5.41) is 3.77. The zero-order valence-electron chi connectivity index (χ0n) is 13.2. The summed E-state index contributed by atoms with van der Waals surface area (Å²) in [7, 11) is 0. The first-order valence-electron chi connectivity index (χ1n) is 8.53. The fraction of sp³-hybridized carbons (Fsp3) is 0.684. The molecule has 1 aromatic rings. The van der Waals surface area contributed by atoms with E-state index >= 15 is 0 Å². The molecule has 0 spiro atoms. The van der Waals surface area contributed by atoms with Crippen LogP contribution in [-0.4, -0.2) is 6.54 Å². The first-order chi connectivity index (χ1) is 9.70. The summed E-state index contributed by atoms with van der Waals surface area (Å²) in [6.45, 7) is 7.93. The Morgan fingerprint density at radius 3 is 2.60 bits per heavy atom. The average molecular weight is 271 g/mol. The summed E-state index contributed by atoms with van der Waals surface area (Å²) in [5.74, 6) is 3.70. The molecule has 1 heteroatoms. The van der Waals surface area contributed by atoms with Crippen molar-refractivity contribution in [2.45, 2.75) is 52.5 Å².